The highest BCUT2D eigenvalue weighted by Crippen LogP contribution is 2.56. The minimum Gasteiger partial charge on any atom is -0.378 e. The molecule has 0 aromatic rings. The molecule has 0 amide bonds. The molecule has 2 nitrogen and oxygen atoms in total. The molecule has 1 atom stereocenters. The Morgan fingerprint density at radius 2 is 2.00 bits per heavy atom. The number of rotatable bonds is 1. The molecule has 1 saturated heterocycles. The van der Waals surface area contributed by atoms with Crippen molar-refractivity contribution in [1.82, 2.24) is 5.32 Å². The highest BCUT2D eigenvalue weighted by atomic mass is 35.5. The van der Waals surface area contributed by atoms with E-state index in [1.165, 1.54) is 32.1 Å². The van der Waals surface area contributed by atoms with E-state index >= 15 is 0 Å². The van der Waals surface area contributed by atoms with Crippen molar-refractivity contribution < 1.29 is 4.74 Å². The summed E-state index contributed by atoms with van der Waals surface area (Å²) in [5, 5.41) is 3.65. The average molecular weight is 218 g/mol. The van der Waals surface area contributed by atoms with Crippen molar-refractivity contribution in [3.8, 4) is 0 Å². The molecular weight excluding hydrogens is 198 g/mol. The van der Waals surface area contributed by atoms with Gasteiger partial charge in [0.05, 0.1) is 13.2 Å². The maximum absolute atomic E-state index is 5.58. The van der Waals surface area contributed by atoms with Crippen LogP contribution in [0.25, 0.3) is 0 Å². The van der Waals surface area contributed by atoms with E-state index in [1.807, 2.05) is 0 Å². The van der Waals surface area contributed by atoms with E-state index in [0.717, 1.165) is 25.7 Å². The third kappa shape index (κ3) is 1.58. The zero-order valence-electron chi connectivity index (χ0n) is 8.63. The SMILES string of the molecule is C1COCC(C23CCC(CC2)C3)N1.Cl. The molecule has 0 aromatic heterocycles. The van der Waals surface area contributed by atoms with Crippen molar-refractivity contribution in [2.24, 2.45) is 11.3 Å². The molecule has 3 heteroatoms. The maximum Gasteiger partial charge on any atom is 0.0625 e. The normalized spacial score (nSPS) is 46.3. The van der Waals surface area contributed by atoms with E-state index in [2.05, 4.69) is 5.32 Å². The smallest absolute Gasteiger partial charge is 0.0625 e. The van der Waals surface area contributed by atoms with Crippen LogP contribution in [-0.2, 0) is 4.74 Å². The molecule has 3 fully saturated rings. The van der Waals surface area contributed by atoms with Crippen molar-refractivity contribution in [2.75, 3.05) is 19.8 Å². The lowest BCUT2D eigenvalue weighted by Gasteiger charge is -2.38. The highest BCUT2D eigenvalue weighted by Gasteiger charge is 2.49. The summed E-state index contributed by atoms with van der Waals surface area (Å²) >= 11 is 0. The number of hydrogen-bond donors (Lipinski definition) is 1. The Morgan fingerprint density at radius 3 is 2.50 bits per heavy atom. The topological polar surface area (TPSA) is 21.3 Å². The van der Waals surface area contributed by atoms with E-state index in [1.54, 1.807) is 0 Å². The van der Waals surface area contributed by atoms with Gasteiger partial charge in [-0.3, -0.25) is 0 Å². The number of fused-ring (bicyclic) bond motifs is 2. The molecule has 2 bridgehead atoms. The van der Waals surface area contributed by atoms with E-state index in [9.17, 15) is 0 Å². The second-order valence-electron chi connectivity index (χ2n) is 5.09. The van der Waals surface area contributed by atoms with Crippen molar-refractivity contribution in [3.63, 3.8) is 0 Å². The Hall–Kier alpha value is 0.210. The van der Waals surface area contributed by atoms with Crippen LogP contribution in [0.15, 0.2) is 0 Å². The van der Waals surface area contributed by atoms with Crippen molar-refractivity contribution in [2.45, 2.75) is 38.1 Å². The van der Waals surface area contributed by atoms with Gasteiger partial charge in [-0.15, -0.1) is 12.4 Å². The van der Waals surface area contributed by atoms with Crippen molar-refractivity contribution in [3.05, 3.63) is 0 Å². The second-order valence-corrected chi connectivity index (χ2v) is 5.09. The lowest BCUT2D eigenvalue weighted by Crippen LogP contribution is -2.50. The minimum atomic E-state index is 0. The summed E-state index contributed by atoms with van der Waals surface area (Å²) in [6, 6.07) is 0.675. The van der Waals surface area contributed by atoms with Gasteiger partial charge in [0, 0.05) is 12.6 Å². The molecule has 3 aliphatic rings. The van der Waals surface area contributed by atoms with E-state index in [-0.39, 0.29) is 12.4 Å². The number of halogens is 1. The zero-order chi connectivity index (χ0) is 8.73. The van der Waals surface area contributed by atoms with Gasteiger partial charge in [0.2, 0.25) is 0 Å². The lowest BCUT2D eigenvalue weighted by atomic mass is 9.77. The first-order valence-corrected chi connectivity index (χ1v) is 5.70. The molecule has 1 unspecified atom stereocenters. The standard InChI is InChI=1S/C11H19NO.ClH/c1-3-11(4-2-9(1)7-11)10-8-13-6-5-12-10;/h9-10,12H,1-8H2;1H. The monoisotopic (exact) mass is 217 g/mol. The van der Waals surface area contributed by atoms with Crippen LogP contribution in [0.4, 0.5) is 0 Å². The number of ether oxygens (including phenoxy) is 1. The van der Waals surface area contributed by atoms with Crippen molar-refractivity contribution in [1.29, 1.82) is 0 Å². The van der Waals surface area contributed by atoms with Crippen LogP contribution in [-0.4, -0.2) is 25.8 Å². The Balaban J connectivity index is 0.000000750. The van der Waals surface area contributed by atoms with Crippen LogP contribution in [0.2, 0.25) is 0 Å². The van der Waals surface area contributed by atoms with Gasteiger partial charge in [-0.2, -0.15) is 0 Å². The second kappa shape index (κ2) is 3.99. The summed E-state index contributed by atoms with van der Waals surface area (Å²) < 4.78 is 5.58. The fraction of sp³-hybridized carbons (Fsp3) is 1.00. The largest absolute Gasteiger partial charge is 0.378 e. The maximum atomic E-state index is 5.58. The molecule has 0 aromatic carbocycles. The van der Waals surface area contributed by atoms with Crippen LogP contribution in [0.3, 0.4) is 0 Å². The molecule has 1 heterocycles. The molecule has 1 N–H and O–H groups in total. The first-order valence-electron chi connectivity index (χ1n) is 5.70. The van der Waals surface area contributed by atoms with Gasteiger partial charge in [-0.1, -0.05) is 0 Å². The van der Waals surface area contributed by atoms with Crippen LogP contribution in [0, 0.1) is 11.3 Å². The van der Waals surface area contributed by atoms with Gasteiger partial charge < -0.3 is 10.1 Å². The number of morpholine rings is 1. The molecule has 0 radical (unpaired) electrons. The van der Waals surface area contributed by atoms with Crippen LogP contribution in [0.5, 0.6) is 0 Å². The third-order valence-electron chi connectivity index (χ3n) is 4.46. The minimum absolute atomic E-state index is 0. The fourth-order valence-corrected chi connectivity index (χ4v) is 3.69. The Labute approximate surface area is 92.2 Å². The van der Waals surface area contributed by atoms with E-state index in [0.29, 0.717) is 11.5 Å². The third-order valence-corrected chi connectivity index (χ3v) is 4.46. The Bertz CT molecular complexity index is 195. The quantitative estimate of drug-likeness (QED) is 0.726. The van der Waals surface area contributed by atoms with E-state index < -0.39 is 0 Å². The molecule has 0 spiro atoms. The fourth-order valence-electron chi connectivity index (χ4n) is 3.69. The van der Waals surface area contributed by atoms with Gasteiger partial charge >= 0.3 is 0 Å². The summed E-state index contributed by atoms with van der Waals surface area (Å²) in [6.07, 6.45) is 7.36. The Morgan fingerprint density at radius 1 is 1.21 bits per heavy atom. The highest BCUT2D eigenvalue weighted by molar-refractivity contribution is 5.85. The first-order chi connectivity index (χ1) is 6.39. The predicted molar refractivity (Wildman–Crippen MR) is 58.9 cm³/mol. The van der Waals surface area contributed by atoms with Crippen molar-refractivity contribution >= 4 is 12.4 Å². The van der Waals surface area contributed by atoms with Gasteiger partial charge in [0.25, 0.3) is 0 Å². The van der Waals surface area contributed by atoms with Crippen LogP contribution >= 0.6 is 12.4 Å². The molecule has 82 valence electrons. The van der Waals surface area contributed by atoms with Gasteiger partial charge in [0.1, 0.15) is 0 Å². The Kier molecular flexibility index (Phi) is 3.06. The number of hydrogen-bond acceptors (Lipinski definition) is 2. The van der Waals surface area contributed by atoms with Gasteiger partial charge in [0.15, 0.2) is 0 Å². The predicted octanol–water partition coefficient (Wildman–Crippen LogP) is 1.98. The molecule has 3 rings (SSSR count). The van der Waals surface area contributed by atoms with Gasteiger partial charge in [-0.25, -0.2) is 0 Å². The van der Waals surface area contributed by atoms with Crippen LogP contribution < -0.4 is 5.32 Å². The number of nitrogens with one attached hydrogen (secondary N) is 1. The lowest BCUT2D eigenvalue weighted by molar-refractivity contribution is 0.0241. The first kappa shape index (κ1) is 10.7. The summed E-state index contributed by atoms with van der Waals surface area (Å²) in [6.45, 7) is 2.94. The van der Waals surface area contributed by atoms with E-state index in [4.69, 9.17) is 4.74 Å². The molecule has 1 aliphatic heterocycles. The zero-order valence-corrected chi connectivity index (χ0v) is 9.44. The summed E-state index contributed by atoms with van der Waals surface area (Å²) in [5.74, 6) is 1.06. The summed E-state index contributed by atoms with van der Waals surface area (Å²) in [4.78, 5) is 0. The van der Waals surface area contributed by atoms with Gasteiger partial charge in [-0.05, 0) is 43.4 Å². The average Bonchev–Trinajstić information content (AvgIpc) is 2.80. The molecule has 14 heavy (non-hydrogen) atoms. The summed E-state index contributed by atoms with van der Waals surface area (Å²) in [7, 11) is 0. The molecular formula is C11H20ClNO. The molecule has 2 aliphatic carbocycles. The molecule has 2 saturated carbocycles. The van der Waals surface area contributed by atoms with Crippen LogP contribution in [0.1, 0.15) is 32.1 Å². The summed E-state index contributed by atoms with van der Waals surface area (Å²) in [5.41, 5.74) is 0.644.